The Morgan fingerprint density at radius 3 is 2.37 bits per heavy atom. The highest BCUT2D eigenvalue weighted by Crippen LogP contribution is 2.19. The minimum atomic E-state index is -1.45. The van der Waals surface area contributed by atoms with E-state index in [2.05, 4.69) is 31.1 Å². The Labute approximate surface area is 117 Å². The molecule has 108 valence electrons. The van der Waals surface area contributed by atoms with Crippen LogP contribution in [0.1, 0.15) is 20.8 Å². The zero-order valence-corrected chi connectivity index (χ0v) is 13.8. The standard InChI is InChI=1S/C14H25NO3Si/c1-14(2,3)18-13(17)15-9-11(12(16)10-15)7-8-19(4,5)6/h11-12,16H,9-10H2,1-6H3/t11-,12-/m0/s1. The molecule has 1 fully saturated rings. The number of carbonyl (C=O) groups excluding carboxylic acids is 1. The van der Waals surface area contributed by atoms with Gasteiger partial charge in [-0.1, -0.05) is 19.6 Å². The predicted molar refractivity (Wildman–Crippen MR) is 78.4 cm³/mol. The summed E-state index contributed by atoms with van der Waals surface area (Å²) in [5.41, 5.74) is 2.74. The molecule has 1 aliphatic rings. The fourth-order valence-electron chi connectivity index (χ4n) is 1.71. The Bertz CT molecular complexity index is 398. The van der Waals surface area contributed by atoms with Gasteiger partial charge in [-0.05, 0) is 20.8 Å². The number of ether oxygens (including phenoxy) is 1. The van der Waals surface area contributed by atoms with Gasteiger partial charge in [0.2, 0.25) is 0 Å². The van der Waals surface area contributed by atoms with Crippen LogP contribution in [0, 0.1) is 17.4 Å². The molecule has 1 rings (SSSR count). The van der Waals surface area contributed by atoms with Crippen LogP contribution in [0.2, 0.25) is 19.6 Å². The smallest absolute Gasteiger partial charge is 0.410 e. The molecule has 0 bridgehead atoms. The summed E-state index contributed by atoms with van der Waals surface area (Å²) in [5.74, 6) is 2.98. The van der Waals surface area contributed by atoms with Gasteiger partial charge in [-0.15, -0.1) is 11.5 Å². The van der Waals surface area contributed by atoms with Crippen molar-refractivity contribution in [2.75, 3.05) is 13.1 Å². The first-order valence-corrected chi connectivity index (χ1v) is 10.2. The van der Waals surface area contributed by atoms with E-state index >= 15 is 0 Å². The monoisotopic (exact) mass is 283 g/mol. The summed E-state index contributed by atoms with van der Waals surface area (Å²) in [6.45, 7) is 12.7. The molecule has 4 nitrogen and oxygen atoms in total. The topological polar surface area (TPSA) is 49.8 Å². The maximum Gasteiger partial charge on any atom is 0.410 e. The van der Waals surface area contributed by atoms with E-state index in [1.807, 2.05) is 20.8 Å². The minimum Gasteiger partial charge on any atom is -0.444 e. The molecular weight excluding hydrogens is 258 g/mol. The normalized spacial score (nSPS) is 23.8. The van der Waals surface area contributed by atoms with E-state index in [0.29, 0.717) is 13.1 Å². The molecule has 0 radical (unpaired) electrons. The van der Waals surface area contributed by atoms with Crippen LogP contribution in [0.15, 0.2) is 0 Å². The Morgan fingerprint density at radius 2 is 1.89 bits per heavy atom. The van der Waals surface area contributed by atoms with E-state index in [1.165, 1.54) is 0 Å². The molecule has 1 aliphatic heterocycles. The lowest BCUT2D eigenvalue weighted by atomic mass is 10.1. The van der Waals surface area contributed by atoms with Crippen molar-refractivity contribution < 1.29 is 14.6 Å². The van der Waals surface area contributed by atoms with Crippen molar-refractivity contribution in [3.8, 4) is 11.5 Å². The van der Waals surface area contributed by atoms with Crippen molar-refractivity contribution in [1.82, 2.24) is 4.90 Å². The molecule has 1 N–H and O–H groups in total. The van der Waals surface area contributed by atoms with Gasteiger partial charge in [-0.3, -0.25) is 0 Å². The third-order valence-corrected chi connectivity index (χ3v) is 3.47. The van der Waals surface area contributed by atoms with Gasteiger partial charge in [0.25, 0.3) is 0 Å². The van der Waals surface area contributed by atoms with Gasteiger partial charge >= 0.3 is 6.09 Å². The summed E-state index contributed by atoms with van der Waals surface area (Å²) < 4.78 is 5.30. The number of hydrogen-bond donors (Lipinski definition) is 1. The molecule has 1 saturated heterocycles. The van der Waals surface area contributed by atoms with Gasteiger partial charge in [0.15, 0.2) is 0 Å². The fraction of sp³-hybridized carbons (Fsp3) is 0.786. The summed E-state index contributed by atoms with van der Waals surface area (Å²) >= 11 is 0. The second kappa shape index (κ2) is 5.56. The van der Waals surface area contributed by atoms with Crippen LogP contribution in [0.25, 0.3) is 0 Å². The Kier molecular flexibility index (Phi) is 4.70. The second-order valence-electron chi connectivity index (χ2n) is 7.08. The van der Waals surface area contributed by atoms with E-state index in [-0.39, 0.29) is 12.0 Å². The molecule has 0 aromatic heterocycles. The molecule has 0 unspecified atom stereocenters. The highest BCUT2D eigenvalue weighted by Gasteiger charge is 2.35. The largest absolute Gasteiger partial charge is 0.444 e. The molecule has 1 heterocycles. The summed E-state index contributed by atoms with van der Waals surface area (Å²) in [4.78, 5) is 13.4. The summed E-state index contributed by atoms with van der Waals surface area (Å²) in [5, 5.41) is 9.97. The van der Waals surface area contributed by atoms with Gasteiger partial charge in [-0.25, -0.2) is 4.79 Å². The van der Waals surface area contributed by atoms with Gasteiger partial charge in [0, 0.05) is 6.54 Å². The Hall–Kier alpha value is -0.993. The number of aliphatic hydroxyl groups is 1. The van der Waals surface area contributed by atoms with Crippen LogP contribution in [-0.2, 0) is 4.74 Å². The molecule has 0 saturated carbocycles. The van der Waals surface area contributed by atoms with Crippen molar-refractivity contribution in [3.05, 3.63) is 0 Å². The molecule has 0 aliphatic carbocycles. The Morgan fingerprint density at radius 1 is 1.32 bits per heavy atom. The highest BCUT2D eigenvalue weighted by atomic mass is 28.3. The first kappa shape index (κ1) is 16.1. The van der Waals surface area contributed by atoms with Crippen LogP contribution in [0.5, 0.6) is 0 Å². The molecule has 0 spiro atoms. The SMILES string of the molecule is CC(C)(C)OC(=O)N1C[C@H](O)[C@@H](C#C[Si](C)(C)C)C1. The number of hydrogen-bond acceptors (Lipinski definition) is 3. The molecule has 0 aromatic rings. The number of rotatable bonds is 0. The molecule has 2 atom stereocenters. The Balaban J connectivity index is 2.64. The molecular formula is C14H25NO3Si. The summed E-state index contributed by atoms with van der Waals surface area (Å²) in [6, 6.07) is 0. The number of aliphatic hydroxyl groups excluding tert-OH is 1. The van der Waals surface area contributed by atoms with Gasteiger partial charge in [-0.2, -0.15) is 0 Å². The molecule has 0 aromatic carbocycles. The average molecular weight is 283 g/mol. The predicted octanol–water partition coefficient (Wildman–Crippen LogP) is 2.10. The zero-order valence-electron chi connectivity index (χ0n) is 12.8. The van der Waals surface area contributed by atoms with Crippen molar-refractivity contribution >= 4 is 14.2 Å². The van der Waals surface area contributed by atoms with Crippen molar-refractivity contribution in [1.29, 1.82) is 0 Å². The third-order valence-electron chi connectivity index (χ3n) is 2.57. The molecule has 5 heteroatoms. The van der Waals surface area contributed by atoms with Crippen LogP contribution < -0.4 is 0 Å². The van der Waals surface area contributed by atoms with E-state index in [4.69, 9.17) is 4.74 Å². The maximum absolute atomic E-state index is 11.9. The van der Waals surface area contributed by atoms with Gasteiger partial charge in [0.05, 0.1) is 18.6 Å². The van der Waals surface area contributed by atoms with E-state index < -0.39 is 19.8 Å². The van der Waals surface area contributed by atoms with Crippen LogP contribution >= 0.6 is 0 Å². The molecule has 1 amide bonds. The number of carbonyl (C=O) groups is 1. The maximum atomic E-state index is 11.9. The lowest BCUT2D eigenvalue weighted by molar-refractivity contribution is 0.0270. The van der Waals surface area contributed by atoms with E-state index in [0.717, 1.165) is 0 Å². The first-order valence-electron chi connectivity index (χ1n) is 6.67. The summed E-state index contributed by atoms with van der Waals surface area (Å²) in [7, 11) is -1.45. The van der Waals surface area contributed by atoms with E-state index in [9.17, 15) is 9.90 Å². The third kappa shape index (κ3) is 5.66. The van der Waals surface area contributed by atoms with Crippen LogP contribution in [0.4, 0.5) is 4.79 Å². The number of nitrogens with zero attached hydrogens (tertiary/aromatic N) is 1. The highest BCUT2D eigenvalue weighted by molar-refractivity contribution is 6.83. The van der Waals surface area contributed by atoms with Crippen molar-refractivity contribution in [2.24, 2.45) is 5.92 Å². The number of amides is 1. The van der Waals surface area contributed by atoms with Crippen molar-refractivity contribution in [2.45, 2.75) is 52.1 Å². The minimum absolute atomic E-state index is 0.153. The fourth-order valence-corrected chi connectivity index (χ4v) is 2.33. The van der Waals surface area contributed by atoms with Crippen LogP contribution in [0.3, 0.4) is 0 Å². The van der Waals surface area contributed by atoms with E-state index in [1.54, 1.807) is 4.90 Å². The zero-order chi connectivity index (χ0) is 14.8. The quantitative estimate of drug-likeness (QED) is 0.547. The summed E-state index contributed by atoms with van der Waals surface area (Å²) in [6.07, 6.45) is -0.944. The second-order valence-corrected chi connectivity index (χ2v) is 11.8. The number of β-amino-alcohol motifs (C(OH)–C–C–N with tert-alkyl or cyclic N) is 1. The molecule has 19 heavy (non-hydrogen) atoms. The van der Waals surface area contributed by atoms with Gasteiger partial charge < -0.3 is 14.7 Å². The van der Waals surface area contributed by atoms with Crippen molar-refractivity contribution in [3.63, 3.8) is 0 Å². The van der Waals surface area contributed by atoms with Crippen LogP contribution in [-0.4, -0.2) is 49.0 Å². The number of likely N-dealkylation sites (tertiary alicyclic amines) is 1. The first-order chi connectivity index (χ1) is 8.48. The van der Waals surface area contributed by atoms with Gasteiger partial charge in [0.1, 0.15) is 13.7 Å². The lowest BCUT2D eigenvalue weighted by Crippen LogP contribution is -2.35. The lowest BCUT2D eigenvalue weighted by Gasteiger charge is -2.24. The average Bonchev–Trinajstić information content (AvgIpc) is 2.53.